The lowest BCUT2D eigenvalue weighted by Gasteiger charge is -2.29. The predicted octanol–water partition coefficient (Wildman–Crippen LogP) is 5.93. The molecule has 0 aliphatic carbocycles. The van der Waals surface area contributed by atoms with Crippen LogP contribution in [-0.2, 0) is 6.54 Å². The van der Waals surface area contributed by atoms with Gasteiger partial charge in [-0.1, -0.05) is 65.7 Å². The molecule has 0 heterocycles. The van der Waals surface area contributed by atoms with E-state index in [1.54, 1.807) is 12.1 Å². The Morgan fingerprint density at radius 1 is 1.00 bits per heavy atom. The molecule has 3 rings (SSSR count). The van der Waals surface area contributed by atoms with Gasteiger partial charge in [0.25, 0.3) is 0 Å². The zero-order chi connectivity index (χ0) is 21.3. The van der Waals surface area contributed by atoms with E-state index < -0.39 is 0 Å². The van der Waals surface area contributed by atoms with Gasteiger partial charge in [-0.25, -0.2) is 0 Å². The first-order chi connectivity index (χ1) is 14.6. The van der Waals surface area contributed by atoms with Gasteiger partial charge in [-0.15, -0.1) is 12.4 Å². The molecule has 0 aliphatic rings. The van der Waals surface area contributed by atoms with Crippen LogP contribution >= 0.6 is 35.6 Å². The Morgan fingerprint density at radius 2 is 1.71 bits per heavy atom. The second-order valence-electron chi connectivity index (χ2n) is 7.00. The molecule has 0 saturated carbocycles. The molecule has 0 unspecified atom stereocenters. The Balaban J connectivity index is 0.00000341. The quantitative estimate of drug-likeness (QED) is 0.401. The van der Waals surface area contributed by atoms with E-state index in [2.05, 4.69) is 28.4 Å². The van der Waals surface area contributed by atoms with Gasteiger partial charge in [-0.05, 0) is 41.5 Å². The molecule has 3 aromatic rings. The minimum atomic E-state index is -0.0945. The summed E-state index contributed by atoms with van der Waals surface area (Å²) in [5, 5.41) is 23.3. The average molecular weight is 477 g/mol. The molecule has 0 fully saturated rings. The number of halogens is 3. The van der Waals surface area contributed by atoms with Gasteiger partial charge in [0.2, 0.25) is 0 Å². The van der Waals surface area contributed by atoms with Crippen LogP contribution in [0.5, 0.6) is 0 Å². The van der Waals surface area contributed by atoms with Crippen molar-refractivity contribution in [2.75, 3.05) is 25.0 Å². The first-order valence-corrected chi connectivity index (χ1v) is 10.4. The number of hydrogen-bond acceptors (Lipinski definition) is 4. The Hall–Kier alpha value is -2.26. The summed E-state index contributed by atoms with van der Waals surface area (Å²) in [6.07, 6.45) is 0. The third-order valence-corrected chi connectivity index (χ3v) is 5.37. The van der Waals surface area contributed by atoms with Gasteiger partial charge in [0.15, 0.2) is 0 Å². The van der Waals surface area contributed by atoms with Crippen molar-refractivity contribution in [3.05, 3.63) is 99.5 Å². The maximum Gasteiger partial charge on any atom is 0.0992 e. The molecule has 0 radical (unpaired) electrons. The lowest BCUT2D eigenvalue weighted by Crippen LogP contribution is -2.33. The Kier molecular flexibility index (Phi) is 10.1. The monoisotopic (exact) mass is 475 g/mol. The van der Waals surface area contributed by atoms with Crippen LogP contribution in [0, 0.1) is 11.3 Å². The summed E-state index contributed by atoms with van der Waals surface area (Å²) >= 11 is 12.5. The van der Waals surface area contributed by atoms with Gasteiger partial charge in [-0.2, -0.15) is 5.26 Å². The number of aliphatic hydroxyl groups is 1. The lowest BCUT2D eigenvalue weighted by atomic mass is 10.0. The number of benzene rings is 3. The SMILES string of the molecule is Cl.N#Cc1ccc(N[C@@H](CN(CCO)Cc2ccccc2)c2ccc(Cl)cc2)c(Cl)c1. The van der Waals surface area contributed by atoms with Crippen LogP contribution in [0.4, 0.5) is 5.69 Å². The van der Waals surface area contributed by atoms with Crippen LogP contribution in [0.15, 0.2) is 72.8 Å². The van der Waals surface area contributed by atoms with Gasteiger partial charge in [0.1, 0.15) is 0 Å². The van der Waals surface area contributed by atoms with Crippen molar-refractivity contribution in [2.24, 2.45) is 0 Å². The maximum absolute atomic E-state index is 9.59. The molecule has 162 valence electrons. The van der Waals surface area contributed by atoms with Gasteiger partial charge < -0.3 is 10.4 Å². The highest BCUT2D eigenvalue weighted by Gasteiger charge is 2.18. The van der Waals surface area contributed by atoms with Crippen molar-refractivity contribution in [1.29, 1.82) is 5.26 Å². The largest absolute Gasteiger partial charge is 0.395 e. The summed E-state index contributed by atoms with van der Waals surface area (Å²) < 4.78 is 0. The molecule has 0 amide bonds. The fourth-order valence-electron chi connectivity index (χ4n) is 3.30. The number of nitrogens with zero attached hydrogens (tertiary/aromatic N) is 2. The van der Waals surface area contributed by atoms with E-state index in [4.69, 9.17) is 28.5 Å². The normalized spacial score (nSPS) is 11.5. The highest BCUT2D eigenvalue weighted by Crippen LogP contribution is 2.29. The number of nitriles is 1. The molecule has 0 spiro atoms. The fraction of sp³-hybridized carbons (Fsp3) is 0.208. The average Bonchev–Trinajstić information content (AvgIpc) is 2.76. The highest BCUT2D eigenvalue weighted by atomic mass is 35.5. The van der Waals surface area contributed by atoms with E-state index >= 15 is 0 Å². The van der Waals surface area contributed by atoms with Crippen molar-refractivity contribution in [3.63, 3.8) is 0 Å². The first-order valence-electron chi connectivity index (χ1n) is 9.68. The molecule has 4 nitrogen and oxygen atoms in total. The van der Waals surface area contributed by atoms with Gasteiger partial charge in [0.05, 0.1) is 35.0 Å². The lowest BCUT2D eigenvalue weighted by molar-refractivity contribution is 0.185. The second kappa shape index (κ2) is 12.6. The van der Waals surface area contributed by atoms with Crippen LogP contribution < -0.4 is 5.32 Å². The summed E-state index contributed by atoms with van der Waals surface area (Å²) in [4.78, 5) is 2.19. The van der Waals surface area contributed by atoms with Crippen LogP contribution in [0.25, 0.3) is 0 Å². The number of rotatable bonds is 9. The van der Waals surface area contributed by atoms with E-state index in [0.717, 1.165) is 11.3 Å². The van der Waals surface area contributed by atoms with Crippen molar-refractivity contribution in [3.8, 4) is 6.07 Å². The summed E-state index contributed by atoms with van der Waals surface area (Å²) in [7, 11) is 0. The van der Waals surface area contributed by atoms with Gasteiger partial charge in [0, 0.05) is 24.7 Å². The number of aliphatic hydroxyl groups excluding tert-OH is 1. The molecule has 31 heavy (non-hydrogen) atoms. The van der Waals surface area contributed by atoms with Crippen molar-refractivity contribution >= 4 is 41.3 Å². The molecule has 0 aliphatic heterocycles. The van der Waals surface area contributed by atoms with Crippen LogP contribution in [0.2, 0.25) is 10.0 Å². The molecule has 0 aromatic heterocycles. The second-order valence-corrected chi connectivity index (χ2v) is 7.84. The predicted molar refractivity (Wildman–Crippen MR) is 130 cm³/mol. The number of hydrogen-bond donors (Lipinski definition) is 2. The van der Waals surface area contributed by atoms with Crippen molar-refractivity contribution < 1.29 is 5.11 Å². The summed E-state index contributed by atoms with van der Waals surface area (Å²) in [5.74, 6) is 0. The minimum absolute atomic E-state index is 0. The van der Waals surface area contributed by atoms with Crippen LogP contribution in [0.1, 0.15) is 22.7 Å². The van der Waals surface area contributed by atoms with E-state index in [1.165, 1.54) is 5.56 Å². The summed E-state index contributed by atoms with van der Waals surface area (Å²) in [6.45, 7) is 1.97. The van der Waals surface area contributed by atoms with Gasteiger partial charge in [-0.3, -0.25) is 4.90 Å². The topological polar surface area (TPSA) is 59.3 Å². The van der Waals surface area contributed by atoms with E-state index in [9.17, 15) is 5.11 Å². The zero-order valence-electron chi connectivity index (χ0n) is 16.8. The number of nitrogens with one attached hydrogen (secondary N) is 1. The van der Waals surface area contributed by atoms with Gasteiger partial charge >= 0.3 is 0 Å². The number of anilines is 1. The standard InChI is InChI=1S/C24H23Cl2N3O.ClH/c25-21-9-7-20(8-10-21)24(28-23-11-6-19(15-27)14-22(23)26)17-29(12-13-30)16-18-4-2-1-3-5-18;/h1-11,14,24,28,30H,12-13,16-17H2;1H/t24-;/m0./s1. The molecule has 0 saturated heterocycles. The zero-order valence-corrected chi connectivity index (χ0v) is 19.2. The molecular formula is C24H24Cl3N3O. The van der Waals surface area contributed by atoms with Crippen LogP contribution in [0.3, 0.4) is 0 Å². The van der Waals surface area contributed by atoms with Crippen molar-refractivity contribution in [2.45, 2.75) is 12.6 Å². The minimum Gasteiger partial charge on any atom is -0.395 e. The van der Waals surface area contributed by atoms with Crippen LogP contribution in [-0.4, -0.2) is 29.7 Å². The Bertz CT molecular complexity index is 991. The molecule has 0 bridgehead atoms. The van der Waals surface area contributed by atoms with E-state index in [1.807, 2.05) is 48.5 Å². The van der Waals surface area contributed by atoms with E-state index in [-0.39, 0.29) is 25.1 Å². The molecule has 3 aromatic carbocycles. The summed E-state index contributed by atoms with van der Waals surface area (Å²) in [5.41, 5.74) is 3.49. The molecule has 2 N–H and O–H groups in total. The molecular weight excluding hydrogens is 453 g/mol. The third-order valence-electron chi connectivity index (χ3n) is 4.81. The maximum atomic E-state index is 9.59. The highest BCUT2D eigenvalue weighted by molar-refractivity contribution is 6.33. The smallest absolute Gasteiger partial charge is 0.0992 e. The third kappa shape index (κ3) is 7.43. The summed E-state index contributed by atoms with van der Waals surface area (Å²) in [6, 6.07) is 25.1. The Labute approximate surface area is 199 Å². The molecule has 7 heteroatoms. The van der Waals surface area contributed by atoms with E-state index in [0.29, 0.717) is 35.2 Å². The fourth-order valence-corrected chi connectivity index (χ4v) is 3.66. The Morgan fingerprint density at radius 3 is 2.32 bits per heavy atom. The molecule has 1 atom stereocenters. The van der Waals surface area contributed by atoms with Crippen molar-refractivity contribution in [1.82, 2.24) is 4.90 Å². The first kappa shape index (κ1) is 25.0.